The van der Waals surface area contributed by atoms with Crippen LogP contribution in [0.5, 0.6) is 11.5 Å². The second kappa shape index (κ2) is 9.58. The number of carbonyl (C=O) groups is 2. The summed E-state index contributed by atoms with van der Waals surface area (Å²) < 4.78 is 43.1. The number of benzene rings is 2. The standard InChI is InChI=1S/C22H26N2O7S/c1-5-23(32(27,28)16-10-11-18(29-3)15(2)12-16)14-21(25)24-13-20(22(26)30-4)31-19-9-7-6-8-17(19)24/h6-12,20H,5,13-14H2,1-4H3/t20-/m0/s1. The van der Waals surface area contributed by atoms with Gasteiger partial charge in [-0.2, -0.15) is 4.31 Å². The minimum Gasteiger partial charge on any atom is -0.496 e. The largest absolute Gasteiger partial charge is 0.496 e. The molecule has 0 saturated carbocycles. The first-order valence-electron chi connectivity index (χ1n) is 10.0. The smallest absolute Gasteiger partial charge is 0.348 e. The maximum Gasteiger partial charge on any atom is 0.348 e. The fraction of sp³-hybridized carbons (Fsp3) is 0.364. The number of carbonyl (C=O) groups excluding carboxylic acids is 2. The number of aryl methyl sites for hydroxylation is 1. The van der Waals surface area contributed by atoms with Crippen LogP contribution < -0.4 is 14.4 Å². The average molecular weight is 463 g/mol. The van der Waals surface area contributed by atoms with Gasteiger partial charge in [-0.3, -0.25) is 4.79 Å². The van der Waals surface area contributed by atoms with Crippen LogP contribution in [0.3, 0.4) is 0 Å². The Bertz CT molecular complexity index is 1120. The minimum atomic E-state index is -3.94. The van der Waals surface area contributed by atoms with E-state index >= 15 is 0 Å². The summed E-state index contributed by atoms with van der Waals surface area (Å²) in [6, 6.07) is 11.3. The van der Waals surface area contributed by atoms with Crippen LogP contribution in [0.25, 0.3) is 0 Å². The molecule has 3 rings (SSSR count). The molecule has 1 aliphatic rings. The number of sulfonamides is 1. The number of ether oxygens (including phenoxy) is 3. The Morgan fingerprint density at radius 3 is 2.53 bits per heavy atom. The van der Waals surface area contributed by atoms with Crippen LogP contribution in [0.15, 0.2) is 47.4 Å². The molecule has 10 heteroatoms. The molecule has 0 aromatic heterocycles. The van der Waals surface area contributed by atoms with Gasteiger partial charge in [0.1, 0.15) is 11.5 Å². The second-order valence-electron chi connectivity index (χ2n) is 7.16. The van der Waals surface area contributed by atoms with E-state index in [0.29, 0.717) is 22.7 Å². The van der Waals surface area contributed by atoms with Crippen molar-refractivity contribution in [2.45, 2.75) is 24.8 Å². The van der Waals surface area contributed by atoms with Gasteiger partial charge in [0, 0.05) is 6.54 Å². The topological polar surface area (TPSA) is 102 Å². The Balaban J connectivity index is 1.88. The van der Waals surface area contributed by atoms with Crippen LogP contribution in [-0.4, -0.2) is 64.6 Å². The van der Waals surface area contributed by atoms with Gasteiger partial charge in [0.25, 0.3) is 0 Å². The summed E-state index contributed by atoms with van der Waals surface area (Å²) in [6.07, 6.45) is -1.00. The van der Waals surface area contributed by atoms with Crippen LogP contribution in [-0.2, 0) is 24.3 Å². The lowest BCUT2D eigenvalue weighted by atomic mass is 10.2. The predicted molar refractivity (Wildman–Crippen MR) is 117 cm³/mol. The average Bonchev–Trinajstić information content (AvgIpc) is 2.80. The van der Waals surface area contributed by atoms with E-state index in [1.54, 1.807) is 44.2 Å². The Morgan fingerprint density at radius 2 is 1.91 bits per heavy atom. The molecule has 0 saturated heterocycles. The number of anilines is 1. The third-order valence-corrected chi connectivity index (χ3v) is 7.12. The summed E-state index contributed by atoms with van der Waals surface area (Å²) in [7, 11) is -1.19. The van der Waals surface area contributed by atoms with Crippen molar-refractivity contribution < 1.29 is 32.2 Å². The molecule has 0 radical (unpaired) electrons. The first kappa shape index (κ1) is 23.6. The van der Waals surface area contributed by atoms with E-state index in [2.05, 4.69) is 0 Å². The fourth-order valence-electron chi connectivity index (χ4n) is 3.49. The normalized spacial score (nSPS) is 15.7. The van der Waals surface area contributed by atoms with Gasteiger partial charge in [-0.25, -0.2) is 13.2 Å². The molecule has 172 valence electrons. The number of amides is 1. The Hall–Kier alpha value is -3.11. The quantitative estimate of drug-likeness (QED) is 0.580. The van der Waals surface area contributed by atoms with Crippen LogP contribution in [0.4, 0.5) is 5.69 Å². The van der Waals surface area contributed by atoms with Gasteiger partial charge in [-0.15, -0.1) is 0 Å². The van der Waals surface area contributed by atoms with Crippen molar-refractivity contribution in [2.24, 2.45) is 0 Å². The highest BCUT2D eigenvalue weighted by Crippen LogP contribution is 2.34. The summed E-state index contributed by atoms with van der Waals surface area (Å²) >= 11 is 0. The van der Waals surface area contributed by atoms with Crippen LogP contribution in [0.2, 0.25) is 0 Å². The van der Waals surface area contributed by atoms with Gasteiger partial charge in [0.2, 0.25) is 22.0 Å². The molecule has 0 unspecified atom stereocenters. The van der Waals surface area contributed by atoms with Gasteiger partial charge in [0.15, 0.2) is 0 Å². The molecule has 9 nitrogen and oxygen atoms in total. The van der Waals surface area contributed by atoms with E-state index < -0.39 is 34.5 Å². The zero-order chi connectivity index (χ0) is 23.5. The fourth-order valence-corrected chi connectivity index (χ4v) is 4.97. The van der Waals surface area contributed by atoms with E-state index in [4.69, 9.17) is 14.2 Å². The number of fused-ring (bicyclic) bond motifs is 1. The first-order chi connectivity index (χ1) is 15.2. The van der Waals surface area contributed by atoms with E-state index in [1.165, 1.54) is 31.3 Å². The summed E-state index contributed by atoms with van der Waals surface area (Å²) in [4.78, 5) is 26.7. The van der Waals surface area contributed by atoms with Crippen molar-refractivity contribution in [3.63, 3.8) is 0 Å². The molecule has 32 heavy (non-hydrogen) atoms. The van der Waals surface area contributed by atoms with E-state index in [1.807, 2.05) is 0 Å². The molecule has 0 aliphatic carbocycles. The van der Waals surface area contributed by atoms with Crippen LogP contribution in [0, 0.1) is 6.92 Å². The molecule has 2 aromatic carbocycles. The zero-order valence-corrected chi connectivity index (χ0v) is 19.2. The predicted octanol–water partition coefficient (Wildman–Crippen LogP) is 1.98. The number of likely N-dealkylation sites (N-methyl/N-ethyl adjacent to an activating group) is 1. The molecule has 1 heterocycles. The number of para-hydroxylation sites is 2. The monoisotopic (exact) mass is 462 g/mol. The lowest BCUT2D eigenvalue weighted by Crippen LogP contribution is -2.50. The number of nitrogens with zero attached hydrogens (tertiary/aromatic N) is 2. The summed E-state index contributed by atoms with van der Waals surface area (Å²) in [5.74, 6) is -0.183. The summed E-state index contributed by atoms with van der Waals surface area (Å²) in [5.41, 5.74) is 1.13. The van der Waals surface area contributed by atoms with Gasteiger partial charge >= 0.3 is 5.97 Å². The number of hydrogen-bond donors (Lipinski definition) is 0. The molecule has 0 N–H and O–H groups in total. The first-order valence-corrected chi connectivity index (χ1v) is 11.5. The molecule has 2 aromatic rings. The number of rotatable bonds is 7. The number of methoxy groups -OCH3 is 2. The Labute approximate surface area is 187 Å². The lowest BCUT2D eigenvalue weighted by Gasteiger charge is -2.34. The lowest BCUT2D eigenvalue weighted by molar-refractivity contribution is -0.148. The Kier molecular flexibility index (Phi) is 7.05. The zero-order valence-electron chi connectivity index (χ0n) is 18.4. The van der Waals surface area contributed by atoms with Crippen molar-refractivity contribution in [2.75, 3.05) is 38.8 Å². The van der Waals surface area contributed by atoms with Crippen LogP contribution >= 0.6 is 0 Å². The Morgan fingerprint density at radius 1 is 1.19 bits per heavy atom. The molecular formula is C22H26N2O7S. The van der Waals surface area contributed by atoms with E-state index in [9.17, 15) is 18.0 Å². The maximum atomic E-state index is 13.2. The van der Waals surface area contributed by atoms with Gasteiger partial charge in [-0.1, -0.05) is 19.1 Å². The van der Waals surface area contributed by atoms with Gasteiger partial charge in [0.05, 0.1) is 37.9 Å². The van der Waals surface area contributed by atoms with Crippen molar-refractivity contribution in [1.82, 2.24) is 4.31 Å². The highest BCUT2D eigenvalue weighted by atomic mass is 32.2. The van der Waals surface area contributed by atoms with E-state index in [-0.39, 0.29) is 18.0 Å². The van der Waals surface area contributed by atoms with Crippen molar-refractivity contribution in [3.8, 4) is 11.5 Å². The SMILES string of the molecule is CCN(CC(=O)N1C[C@@H](C(=O)OC)Oc2ccccc21)S(=O)(=O)c1ccc(OC)c(C)c1. The number of esters is 1. The second-order valence-corrected chi connectivity index (χ2v) is 9.10. The molecule has 0 spiro atoms. The third-order valence-electron chi connectivity index (χ3n) is 5.21. The summed E-state index contributed by atoms with van der Waals surface area (Å²) in [6.45, 7) is 3.02. The highest BCUT2D eigenvalue weighted by molar-refractivity contribution is 7.89. The molecule has 0 bridgehead atoms. The highest BCUT2D eigenvalue weighted by Gasteiger charge is 2.36. The molecule has 1 amide bonds. The molecule has 0 fully saturated rings. The van der Waals surface area contributed by atoms with Gasteiger partial charge < -0.3 is 19.1 Å². The third kappa shape index (κ3) is 4.56. The molecular weight excluding hydrogens is 436 g/mol. The summed E-state index contributed by atoms with van der Waals surface area (Å²) in [5, 5.41) is 0. The molecule has 1 atom stereocenters. The van der Waals surface area contributed by atoms with Gasteiger partial charge in [-0.05, 0) is 42.8 Å². The van der Waals surface area contributed by atoms with Crippen molar-refractivity contribution >= 4 is 27.6 Å². The van der Waals surface area contributed by atoms with Crippen LogP contribution in [0.1, 0.15) is 12.5 Å². The van der Waals surface area contributed by atoms with E-state index in [0.717, 1.165) is 4.31 Å². The maximum absolute atomic E-state index is 13.2. The number of hydrogen-bond acceptors (Lipinski definition) is 7. The van der Waals surface area contributed by atoms with Crippen molar-refractivity contribution in [1.29, 1.82) is 0 Å². The minimum absolute atomic E-state index is 0.0697. The molecule has 1 aliphatic heterocycles. The van der Waals surface area contributed by atoms with Crippen molar-refractivity contribution in [3.05, 3.63) is 48.0 Å².